The zero-order valence-electron chi connectivity index (χ0n) is 12.9. The monoisotopic (exact) mass is 295 g/mol. The molecule has 0 saturated carbocycles. The first-order valence-electron chi connectivity index (χ1n) is 7.67. The number of hydrogen-bond acceptors (Lipinski definition) is 3. The van der Waals surface area contributed by atoms with E-state index in [1.165, 1.54) is 11.1 Å². The SMILES string of the molecule is CC(=O)N1CCN(Cc2ccncc2)[C@@H](c2ccccc2)C1. The van der Waals surface area contributed by atoms with Crippen LogP contribution in [0.3, 0.4) is 0 Å². The van der Waals surface area contributed by atoms with Gasteiger partial charge in [0.2, 0.25) is 5.91 Å². The number of pyridine rings is 1. The van der Waals surface area contributed by atoms with Crippen molar-refractivity contribution in [2.75, 3.05) is 19.6 Å². The second-order valence-electron chi connectivity index (χ2n) is 5.72. The van der Waals surface area contributed by atoms with Crippen LogP contribution in [0.2, 0.25) is 0 Å². The van der Waals surface area contributed by atoms with Crippen LogP contribution in [0.25, 0.3) is 0 Å². The summed E-state index contributed by atoms with van der Waals surface area (Å²) in [6, 6.07) is 14.8. The van der Waals surface area contributed by atoms with Crippen LogP contribution in [-0.4, -0.2) is 40.3 Å². The normalized spacial score (nSPS) is 19.1. The second-order valence-corrected chi connectivity index (χ2v) is 5.72. The van der Waals surface area contributed by atoms with Gasteiger partial charge in [-0.25, -0.2) is 0 Å². The molecule has 1 aliphatic rings. The molecule has 1 amide bonds. The Labute approximate surface area is 131 Å². The van der Waals surface area contributed by atoms with Crippen molar-refractivity contribution in [1.29, 1.82) is 0 Å². The zero-order chi connectivity index (χ0) is 15.4. The number of carbonyl (C=O) groups is 1. The predicted octanol–water partition coefficient (Wildman–Crippen LogP) is 2.49. The lowest BCUT2D eigenvalue weighted by atomic mass is 10.0. The van der Waals surface area contributed by atoms with Gasteiger partial charge < -0.3 is 4.90 Å². The Kier molecular flexibility index (Phi) is 4.49. The van der Waals surface area contributed by atoms with E-state index in [4.69, 9.17) is 0 Å². The molecule has 0 spiro atoms. The first kappa shape index (κ1) is 14.7. The quantitative estimate of drug-likeness (QED) is 0.873. The molecule has 1 fully saturated rings. The highest BCUT2D eigenvalue weighted by Crippen LogP contribution is 2.27. The van der Waals surface area contributed by atoms with Crippen LogP contribution in [0.15, 0.2) is 54.9 Å². The van der Waals surface area contributed by atoms with Crippen molar-refractivity contribution in [1.82, 2.24) is 14.8 Å². The molecule has 4 nitrogen and oxygen atoms in total. The van der Waals surface area contributed by atoms with E-state index in [-0.39, 0.29) is 11.9 Å². The smallest absolute Gasteiger partial charge is 0.219 e. The third-order valence-corrected chi connectivity index (χ3v) is 4.26. The number of carbonyl (C=O) groups excluding carboxylic acids is 1. The Hall–Kier alpha value is -2.20. The van der Waals surface area contributed by atoms with Crippen LogP contribution in [0.4, 0.5) is 0 Å². The Morgan fingerprint density at radius 2 is 1.86 bits per heavy atom. The number of rotatable bonds is 3. The predicted molar refractivity (Wildman–Crippen MR) is 86.1 cm³/mol. The van der Waals surface area contributed by atoms with Gasteiger partial charge >= 0.3 is 0 Å². The van der Waals surface area contributed by atoms with Crippen LogP contribution in [0, 0.1) is 0 Å². The number of amides is 1. The molecule has 2 aromatic rings. The minimum atomic E-state index is 0.157. The molecule has 0 unspecified atom stereocenters. The van der Waals surface area contributed by atoms with E-state index in [1.807, 2.05) is 23.4 Å². The van der Waals surface area contributed by atoms with Crippen molar-refractivity contribution in [2.45, 2.75) is 19.5 Å². The van der Waals surface area contributed by atoms with Crippen molar-refractivity contribution in [3.05, 3.63) is 66.0 Å². The lowest BCUT2D eigenvalue weighted by molar-refractivity contribution is -0.132. The molecule has 1 saturated heterocycles. The van der Waals surface area contributed by atoms with E-state index in [2.05, 4.69) is 46.3 Å². The Bertz CT molecular complexity index is 615. The second kappa shape index (κ2) is 6.71. The minimum Gasteiger partial charge on any atom is -0.340 e. The number of aromatic nitrogens is 1. The number of piperazine rings is 1. The average Bonchev–Trinajstić information content (AvgIpc) is 2.57. The topological polar surface area (TPSA) is 36.4 Å². The standard InChI is InChI=1S/C18H21N3O/c1-15(22)20-11-12-21(13-16-7-9-19-10-8-16)18(14-20)17-5-3-2-4-6-17/h2-10,18H,11-14H2,1H3/t18-/m1/s1. The van der Waals surface area contributed by atoms with E-state index in [1.54, 1.807) is 6.92 Å². The minimum absolute atomic E-state index is 0.157. The number of benzene rings is 1. The summed E-state index contributed by atoms with van der Waals surface area (Å²) in [6.07, 6.45) is 3.66. The summed E-state index contributed by atoms with van der Waals surface area (Å²) in [5.74, 6) is 0.157. The molecule has 3 rings (SSSR count). The average molecular weight is 295 g/mol. The highest BCUT2D eigenvalue weighted by Gasteiger charge is 2.29. The molecular weight excluding hydrogens is 274 g/mol. The summed E-state index contributed by atoms with van der Waals surface area (Å²) in [5, 5.41) is 0. The maximum atomic E-state index is 11.7. The van der Waals surface area contributed by atoms with Crippen LogP contribution in [0.1, 0.15) is 24.1 Å². The van der Waals surface area contributed by atoms with E-state index in [0.717, 1.165) is 26.2 Å². The fourth-order valence-corrected chi connectivity index (χ4v) is 3.01. The molecule has 1 aromatic carbocycles. The van der Waals surface area contributed by atoms with Gasteiger partial charge in [-0.05, 0) is 23.3 Å². The molecule has 0 bridgehead atoms. The summed E-state index contributed by atoms with van der Waals surface area (Å²) in [7, 11) is 0. The van der Waals surface area contributed by atoms with Crippen molar-refractivity contribution >= 4 is 5.91 Å². The van der Waals surface area contributed by atoms with E-state index in [9.17, 15) is 4.79 Å². The summed E-state index contributed by atoms with van der Waals surface area (Å²) >= 11 is 0. The van der Waals surface area contributed by atoms with Gasteiger partial charge in [0.05, 0.1) is 6.04 Å². The molecule has 114 valence electrons. The number of nitrogens with zero attached hydrogens (tertiary/aromatic N) is 3. The maximum Gasteiger partial charge on any atom is 0.219 e. The van der Waals surface area contributed by atoms with E-state index >= 15 is 0 Å². The van der Waals surface area contributed by atoms with Gasteiger partial charge in [0.1, 0.15) is 0 Å². The van der Waals surface area contributed by atoms with Gasteiger partial charge in [0, 0.05) is 45.5 Å². The fraction of sp³-hybridized carbons (Fsp3) is 0.333. The van der Waals surface area contributed by atoms with E-state index < -0.39 is 0 Å². The molecular formula is C18H21N3O. The summed E-state index contributed by atoms with van der Waals surface area (Å²) in [4.78, 5) is 20.2. The van der Waals surface area contributed by atoms with Crippen molar-refractivity contribution in [3.8, 4) is 0 Å². The highest BCUT2D eigenvalue weighted by molar-refractivity contribution is 5.73. The Morgan fingerprint density at radius 1 is 1.14 bits per heavy atom. The molecule has 1 atom stereocenters. The molecule has 1 aliphatic heterocycles. The van der Waals surface area contributed by atoms with Crippen molar-refractivity contribution < 1.29 is 4.79 Å². The Balaban J connectivity index is 1.82. The van der Waals surface area contributed by atoms with Gasteiger partial charge in [0.25, 0.3) is 0 Å². The Morgan fingerprint density at radius 3 is 2.55 bits per heavy atom. The lowest BCUT2D eigenvalue weighted by Crippen LogP contribution is -2.49. The largest absolute Gasteiger partial charge is 0.340 e. The molecule has 0 aliphatic carbocycles. The summed E-state index contributed by atoms with van der Waals surface area (Å²) in [6.45, 7) is 4.98. The van der Waals surface area contributed by atoms with Crippen LogP contribution >= 0.6 is 0 Å². The maximum absolute atomic E-state index is 11.7. The van der Waals surface area contributed by atoms with Gasteiger partial charge in [-0.15, -0.1) is 0 Å². The molecule has 22 heavy (non-hydrogen) atoms. The zero-order valence-corrected chi connectivity index (χ0v) is 12.9. The van der Waals surface area contributed by atoms with Crippen LogP contribution in [0.5, 0.6) is 0 Å². The molecule has 0 N–H and O–H groups in total. The third kappa shape index (κ3) is 3.34. The first-order chi connectivity index (χ1) is 10.7. The lowest BCUT2D eigenvalue weighted by Gasteiger charge is -2.41. The van der Waals surface area contributed by atoms with Gasteiger partial charge in [-0.1, -0.05) is 30.3 Å². The first-order valence-corrected chi connectivity index (χ1v) is 7.67. The van der Waals surface area contributed by atoms with Gasteiger partial charge in [0.15, 0.2) is 0 Å². The molecule has 2 heterocycles. The molecule has 4 heteroatoms. The third-order valence-electron chi connectivity index (χ3n) is 4.26. The van der Waals surface area contributed by atoms with Gasteiger partial charge in [-0.3, -0.25) is 14.7 Å². The van der Waals surface area contributed by atoms with Crippen LogP contribution in [-0.2, 0) is 11.3 Å². The van der Waals surface area contributed by atoms with Crippen molar-refractivity contribution in [2.24, 2.45) is 0 Å². The van der Waals surface area contributed by atoms with Crippen molar-refractivity contribution in [3.63, 3.8) is 0 Å². The summed E-state index contributed by atoms with van der Waals surface area (Å²) < 4.78 is 0. The van der Waals surface area contributed by atoms with Crippen LogP contribution < -0.4 is 0 Å². The summed E-state index contributed by atoms with van der Waals surface area (Å²) in [5.41, 5.74) is 2.52. The number of hydrogen-bond donors (Lipinski definition) is 0. The van der Waals surface area contributed by atoms with Gasteiger partial charge in [-0.2, -0.15) is 0 Å². The highest BCUT2D eigenvalue weighted by atomic mass is 16.2. The molecule has 1 aromatic heterocycles. The molecule has 0 radical (unpaired) electrons. The fourth-order valence-electron chi connectivity index (χ4n) is 3.01. The van der Waals surface area contributed by atoms with E-state index in [0.29, 0.717) is 0 Å².